The molecule has 4 nitrogen and oxygen atoms in total. The summed E-state index contributed by atoms with van der Waals surface area (Å²) in [4.78, 5) is 16.6. The molecule has 5 heteroatoms. The Morgan fingerprint density at radius 1 is 1.23 bits per heavy atom. The standard InChI is InChI=1S/C21H20ClN3O/c1-14-11-24(13-23)12-18(14)21(26)25-9-8-16-10-15(6-7-20(16)25)17-4-2-3-5-19(17)22/h2-7,10,14,18H,8-9,11-12H2,1H3/t14-,18-/m0/s1. The summed E-state index contributed by atoms with van der Waals surface area (Å²) in [5, 5.41) is 9.84. The number of carbonyl (C=O) groups is 1. The third-order valence-electron chi connectivity index (χ3n) is 5.50. The van der Waals surface area contributed by atoms with Crippen LogP contribution in [0.2, 0.25) is 5.02 Å². The summed E-state index contributed by atoms with van der Waals surface area (Å²) in [6, 6.07) is 14.0. The molecule has 0 spiro atoms. The predicted molar refractivity (Wildman–Crippen MR) is 103 cm³/mol. The van der Waals surface area contributed by atoms with Gasteiger partial charge in [-0.1, -0.05) is 42.8 Å². The van der Waals surface area contributed by atoms with Gasteiger partial charge in [-0.25, -0.2) is 0 Å². The van der Waals surface area contributed by atoms with E-state index >= 15 is 0 Å². The number of amides is 1. The lowest BCUT2D eigenvalue weighted by atomic mass is 9.96. The molecule has 0 radical (unpaired) electrons. The largest absolute Gasteiger partial charge is 0.312 e. The number of hydrogen-bond donors (Lipinski definition) is 0. The molecule has 1 fully saturated rings. The van der Waals surface area contributed by atoms with Gasteiger partial charge in [-0.3, -0.25) is 4.79 Å². The summed E-state index contributed by atoms with van der Waals surface area (Å²) in [6.07, 6.45) is 3.02. The fourth-order valence-corrected chi connectivity index (χ4v) is 4.31. The molecule has 2 aliphatic heterocycles. The van der Waals surface area contributed by atoms with E-state index in [0.717, 1.165) is 28.3 Å². The number of anilines is 1. The van der Waals surface area contributed by atoms with Gasteiger partial charge in [0.25, 0.3) is 0 Å². The van der Waals surface area contributed by atoms with E-state index in [0.29, 0.717) is 19.6 Å². The van der Waals surface area contributed by atoms with Crippen molar-refractivity contribution in [2.24, 2.45) is 11.8 Å². The average Bonchev–Trinajstić information content (AvgIpc) is 3.24. The van der Waals surface area contributed by atoms with Gasteiger partial charge < -0.3 is 9.80 Å². The molecule has 0 bridgehead atoms. The van der Waals surface area contributed by atoms with E-state index in [9.17, 15) is 4.79 Å². The summed E-state index contributed by atoms with van der Waals surface area (Å²) in [6.45, 7) is 3.95. The third-order valence-corrected chi connectivity index (χ3v) is 5.83. The van der Waals surface area contributed by atoms with Crippen LogP contribution in [-0.4, -0.2) is 30.4 Å². The molecule has 2 aromatic carbocycles. The first-order valence-electron chi connectivity index (χ1n) is 8.92. The Morgan fingerprint density at radius 2 is 2.04 bits per heavy atom. The Bertz CT molecular complexity index is 904. The lowest BCUT2D eigenvalue weighted by molar-refractivity contribution is -0.122. The second-order valence-corrected chi connectivity index (χ2v) is 7.56. The number of halogens is 1. The molecule has 132 valence electrons. The van der Waals surface area contributed by atoms with Crippen LogP contribution in [0.15, 0.2) is 42.5 Å². The van der Waals surface area contributed by atoms with Crippen LogP contribution >= 0.6 is 11.6 Å². The van der Waals surface area contributed by atoms with E-state index in [1.165, 1.54) is 5.56 Å². The van der Waals surface area contributed by atoms with Crippen molar-refractivity contribution in [3.63, 3.8) is 0 Å². The maximum absolute atomic E-state index is 13.1. The number of benzene rings is 2. The number of hydrogen-bond acceptors (Lipinski definition) is 3. The van der Waals surface area contributed by atoms with Crippen molar-refractivity contribution in [3.8, 4) is 17.3 Å². The van der Waals surface area contributed by atoms with Crippen molar-refractivity contribution in [2.45, 2.75) is 13.3 Å². The van der Waals surface area contributed by atoms with Gasteiger partial charge >= 0.3 is 0 Å². The average molecular weight is 366 g/mol. The third kappa shape index (κ3) is 2.83. The van der Waals surface area contributed by atoms with Crippen LogP contribution in [0.25, 0.3) is 11.1 Å². The molecule has 0 saturated carbocycles. The molecule has 4 rings (SSSR count). The van der Waals surface area contributed by atoms with E-state index in [1.807, 2.05) is 41.3 Å². The van der Waals surface area contributed by atoms with Crippen molar-refractivity contribution < 1.29 is 4.79 Å². The zero-order valence-corrected chi connectivity index (χ0v) is 15.4. The van der Waals surface area contributed by atoms with Crippen molar-refractivity contribution in [1.29, 1.82) is 5.26 Å². The smallest absolute Gasteiger partial charge is 0.232 e. The van der Waals surface area contributed by atoms with E-state index in [4.69, 9.17) is 16.9 Å². The molecule has 0 aromatic heterocycles. The zero-order chi connectivity index (χ0) is 18.3. The van der Waals surface area contributed by atoms with E-state index < -0.39 is 0 Å². The predicted octanol–water partition coefficient (Wildman–Crippen LogP) is 3.95. The van der Waals surface area contributed by atoms with Crippen LogP contribution in [0, 0.1) is 23.3 Å². The highest BCUT2D eigenvalue weighted by molar-refractivity contribution is 6.33. The molecule has 0 N–H and O–H groups in total. The van der Waals surface area contributed by atoms with Gasteiger partial charge in [-0.2, -0.15) is 5.26 Å². The Hall–Kier alpha value is -2.51. The molecule has 0 unspecified atom stereocenters. The first-order valence-corrected chi connectivity index (χ1v) is 9.30. The quantitative estimate of drug-likeness (QED) is 0.757. The van der Waals surface area contributed by atoms with E-state index in [1.54, 1.807) is 4.90 Å². The Morgan fingerprint density at radius 3 is 2.77 bits per heavy atom. The van der Waals surface area contributed by atoms with E-state index in [2.05, 4.69) is 19.2 Å². The molecule has 26 heavy (non-hydrogen) atoms. The first-order chi connectivity index (χ1) is 12.6. The lowest BCUT2D eigenvalue weighted by Gasteiger charge is -2.23. The second-order valence-electron chi connectivity index (χ2n) is 7.15. The number of nitrogens with zero attached hydrogens (tertiary/aromatic N) is 3. The first kappa shape index (κ1) is 16.9. The minimum absolute atomic E-state index is 0.108. The maximum atomic E-state index is 13.1. The molecular formula is C21H20ClN3O. The van der Waals surface area contributed by atoms with E-state index in [-0.39, 0.29) is 17.7 Å². The minimum Gasteiger partial charge on any atom is -0.312 e. The Labute approximate surface area is 158 Å². The molecule has 2 aliphatic rings. The number of nitriles is 1. The Balaban J connectivity index is 1.60. The molecule has 0 aliphatic carbocycles. The van der Waals surface area contributed by atoms with Gasteiger partial charge in [-0.05, 0) is 41.7 Å². The fraction of sp³-hybridized carbons (Fsp3) is 0.333. The van der Waals surface area contributed by atoms with Crippen molar-refractivity contribution in [1.82, 2.24) is 4.90 Å². The number of carbonyl (C=O) groups excluding carboxylic acids is 1. The SMILES string of the molecule is C[C@H]1CN(C#N)C[C@@H]1C(=O)N1CCc2cc(-c3ccccc3Cl)ccc21. The van der Waals surface area contributed by atoms with Crippen molar-refractivity contribution >= 4 is 23.2 Å². The lowest BCUT2D eigenvalue weighted by Crippen LogP contribution is -2.37. The van der Waals surface area contributed by atoms with Crippen LogP contribution in [-0.2, 0) is 11.2 Å². The normalized spacial score (nSPS) is 21.6. The highest BCUT2D eigenvalue weighted by Gasteiger charge is 2.38. The van der Waals surface area contributed by atoms with Crippen LogP contribution in [0.4, 0.5) is 5.69 Å². The van der Waals surface area contributed by atoms with Crippen LogP contribution in [0.3, 0.4) is 0 Å². The van der Waals surface area contributed by atoms with Gasteiger partial charge in [-0.15, -0.1) is 0 Å². The van der Waals surface area contributed by atoms with Gasteiger partial charge in [0.05, 0.1) is 5.92 Å². The van der Waals surface area contributed by atoms with Gasteiger partial charge in [0, 0.05) is 35.9 Å². The number of fused-ring (bicyclic) bond motifs is 1. The monoisotopic (exact) mass is 365 g/mol. The summed E-state index contributed by atoms with van der Waals surface area (Å²) in [7, 11) is 0. The molecule has 2 heterocycles. The van der Waals surface area contributed by atoms with Gasteiger partial charge in [0.15, 0.2) is 6.19 Å². The molecule has 1 saturated heterocycles. The molecule has 2 atom stereocenters. The minimum atomic E-state index is -0.108. The maximum Gasteiger partial charge on any atom is 0.232 e. The summed E-state index contributed by atoms with van der Waals surface area (Å²) in [5.74, 6) is 0.233. The highest BCUT2D eigenvalue weighted by atomic mass is 35.5. The Kier molecular flexibility index (Phi) is 4.34. The van der Waals surface area contributed by atoms with Crippen LogP contribution < -0.4 is 4.90 Å². The summed E-state index contributed by atoms with van der Waals surface area (Å²) < 4.78 is 0. The number of rotatable bonds is 2. The zero-order valence-electron chi connectivity index (χ0n) is 14.7. The number of likely N-dealkylation sites (tertiary alicyclic amines) is 1. The van der Waals surface area contributed by atoms with Crippen molar-refractivity contribution in [2.75, 3.05) is 24.5 Å². The molecule has 1 amide bonds. The summed E-state index contributed by atoms with van der Waals surface area (Å²) in [5.41, 5.74) is 4.26. The molecule has 2 aromatic rings. The van der Waals surface area contributed by atoms with Gasteiger partial charge in [0.2, 0.25) is 5.91 Å². The highest BCUT2D eigenvalue weighted by Crippen LogP contribution is 2.36. The van der Waals surface area contributed by atoms with Crippen molar-refractivity contribution in [3.05, 3.63) is 53.1 Å². The fourth-order valence-electron chi connectivity index (χ4n) is 4.06. The second kappa shape index (κ2) is 6.66. The molecular weight excluding hydrogens is 346 g/mol. The summed E-state index contributed by atoms with van der Waals surface area (Å²) >= 11 is 6.32. The van der Waals surface area contributed by atoms with Crippen LogP contribution in [0.1, 0.15) is 12.5 Å². The van der Waals surface area contributed by atoms with Gasteiger partial charge in [0.1, 0.15) is 0 Å². The van der Waals surface area contributed by atoms with Crippen LogP contribution in [0.5, 0.6) is 0 Å². The topological polar surface area (TPSA) is 47.3 Å².